The topological polar surface area (TPSA) is 16.4 Å². The lowest BCUT2D eigenvalue weighted by molar-refractivity contribution is 0.660. The fourth-order valence-electron chi connectivity index (χ4n) is 8.43. The fraction of sp³-hybridized carbons (Fsp3) is 0.0612. The highest BCUT2D eigenvalue weighted by atomic mass is 16.3. The predicted octanol–water partition coefficient (Wildman–Crippen LogP) is 13.8. The molecule has 0 amide bonds. The summed E-state index contributed by atoms with van der Waals surface area (Å²) in [7, 11) is 0. The third kappa shape index (κ3) is 4.57. The molecular formula is C49H35NO. The second-order valence-corrected chi connectivity index (χ2v) is 14.1. The van der Waals surface area contributed by atoms with Crippen LogP contribution in [0.3, 0.4) is 0 Å². The molecule has 9 aromatic rings. The average molecular weight is 654 g/mol. The number of rotatable bonds is 5. The number of anilines is 3. The van der Waals surface area contributed by atoms with E-state index in [2.05, 4.69) is 183 Å². The van der Waals surface area contributed by atoms with Crippen molar-refractivity contribution < 1.29 is 4.42 Å². The zero-order chi connectivity index (χ0) is 34.1. The highest BCUT2D eigenvalue weighted by Gasteiger charge is 2.36. The largest absolute Gasteiger partial charge is 0.456 e. The van der Waals surface area contributed by atoms with Crippen molar-refractivity contribution in [3.8, 4) is 33.4 Å². The first kappa shape index (κ1) is 29.5. The van der Waals surface area contributed by atoms with Gasteiger partial charge in [-0.2, -0.15) is 0 Å². The first-order valence-electron chi connectivity index (χ1n) is 17.7. The summed E-state index contributed by atoms with van der Waals surface area (Å²) >= 11 is 0. The second-order valence-electron chi connectivity index (χ2n) is 14.1. The summed E-state index contributed by atoms with van der Waals surface area (Å²) in [5.41, 5.74) is 15.2. The quantitative estimate of drug-likeness (QED) is 0.184. The first-order valence-corrected chi connectivity index (χ1v) is 17.7. The summed E-state index contributed by atoms with van der Waals surface area (Å²) in [5.74, 6) is 0. The van der Waals surface area contributed by atoms with Crippen LogP contribution >= 0.6 is 0 Å². The maximum Gasteiger partial charge on any atom is 0.135 e. The molecule has 1 heterocycles. The zero-order valence-corrected chi connectivity index (χ0v) is 28.6. The lowest BCUT2D eigenvalue weighted by Gasteiger charge is -2.30. The van der Waals surface area contributed by atoms with Gasteiger partial charge in [-0.1, -0.05) is 147 Å². The van der Waals surface area contributed by atoms with E-state index in [0.717, 1.165) is 39.0 Å². The van der Waals surface area contributed by atoms with Crippen LogP contribution in [0.4, 0.5) is 17.1 Å². The Bertz CT molecular complexity index is 2780. The maximum atomic E-state index is 6.30. The Kier molecular flexibility index (Phi) is 6.56. The van der Waals surface area contributed by atoms with E-state index in [4.69, 9.17) is 4.42 Å². The van der Waals surface area contributed by atoms with Gasteiger partial charge in [0.1, 0.15) is 11.2 Å². The van der Waals surface area contributed by atoms with Crippen LogP contribution in [0.2, 0.25) is 0 Å². The van der Waals surface area contributed by atoms with E-state index in [1.807, 2.05) is 12.1 Å². The molecule has 0 N–H and O–H groups in total. The molecule has 0 atom stereocenters. The molecule has 51 heavy (non-hydrogen) atoms. The molecule has 0 spiro atoms. The predicted molar refractivity (Wildman–Crippen MR) is 214 cm³/mol. The summed E-state index contributed by atoms with van der Waals surface area (Å²) in [6.45, 7) is 4.70. The van der Waals surface area contributed by atoms with Crippen LogP contribution in [0.15, 0.2) is 180 Å². The molecular weight excluding hydrogens is 619 g/mol. The maximum absolute atomic E-state index is 6.30. The van der Waals surface area contributed by atoms with Gasteiger partial charge in [-0.15, -0.1) is 0 Å². The van der Waals surface area contributed by atoms with Gasteiger partial charge in [-0.25, -0.2) is 0 Å². The van der Waals surface area contributed by atoms with Crippen LogP contribution in [-0.2, 0) is 5.41 Å². The summed E-state index contributed by atoms with van der Waals surface area (Å²) in [6.07, 6.45) is 0. The van der Waals surface area contributed by atoms with Crippen molar-refractivity contribution in [3.63, 3.8) is 0 Å². The van der Waals surface area contributed by atoms with Gasteiger partial charge < -0.3 is 9.32 Å². The molecule has 0 saturated carbocycles. The molecule has 8 aromatic carbocycles. The van der Waals surface area contributed by atoms with Crippen LogP contribution in [0.5, 0.6) is 0 Å². The third-order valence-electron chi connectivity index (χ3n) is 10.9. The van der Waals surface area contributed by atoms with Crippen LogP contribution in [0.25, 0.3) is 66.1 Å². The summed E-state index contributed by atoms with van der Waals surface area (Å²) < 4.78 is 6.30. The highest BCUT2D eigenvalue weighted by Crippen LogP contribution is 2.52. The molecule has 0 radical (unpaired) electrons. The van der Waals surface area contributed by atoms with Gasteiger partial charge >= 0.3 is 0 Å². The number of para-hydroxylation sites is 2. The van der Waals surface area contributed by atoms with Crippen molar-refractivity contribution in [3.05, 3.63) is 187 Å². The Hall–Kier alpha value is -6.38. The van der Waals surface area contributed by atoms with Crippen molar-refractivity contribution in [2.45, 2.75) is 19.3 Å². The monoisotopic (exact) mass is 653 g/mol. The Labute approximate surface area is 297 Å². The van der Waals surface area contributed by atoms with Gasteiger partial charge in [0.15, 0.2) is 0 Å². The normalized spacial score (nSPS) is 13.1. The summed E-state index contributed by atoms with van der Waals surface area (Å²) in [5, 5.41) is 4.70. The summed E-state index contributed by atoms with van der Waals surface area (Å²) in [4.78, 5) is 2.44. The van der Waals surface area contributed by atoms with Crippen molar-refractivity contribution in [2.24, 2.45) is 0 Å². The van der Waals surface area contributed by atoms with Gasteiger partial charge in [0.05, 0.1) is 5.69 Å². The van der Waals surface area contributed by atoms with Gasteiger partial charge in [-0.3, -0.25) is 0 Å². The van der Waals surface area contributed by atoms with E-state index in [1.54, 1.807) is 0 Å². The molecule has 2 heteroatoms. The van der Waals surface area contributed by atoms with E-state index in [0.29, 0.717) is 0 Å². The number of fused-ring (bicyclic) bond motifs is 7. The number of hydrogen-bond acceptors (Lipinski definition) is 2. The van der Waals surface area contributed by atoms with Gasteiger partial charge in [-0.05, 0) is 92.2 Å². The number of benzene rings is 8. The van der Waals surface area contributed by atoms with E-state index in [-0.39, 0.29) is 5.41 Å². The standard InChI is InChI=1S/C49H35NO/c1-49(2)43-23-9-6-18-37(43)38-28-26-35(31-44(38)49)50(34-27-29-47-42(30-34)40-20-8-11-25-46(40)51-47)45-24-10-7-19-39(45)41-22-13-17-33-16-12-21-36(48(33)41)32-14-4-3-5-15-32/h3-31H,1-2H3. The van der Waals surface area contributed by atoms with Crippen LogP contribution in [0, 0.1) is 0 Å². The minimum atomic E-state index is -0.127. The van der Waals surface area contributed by atoms with Crippen molar-refractivity contribution >= 4 is 49.8 Å². The van der Waals surface area contributed by atoms with Crippen molar-refractivity contribution in [1.82, 2.24) is 0 Å². The Morgan fingerprint density at radius 2 is 1.06 bits per heavy atom. The third-order valence-corrected chi connectivity index (χ3v) is 10.9. The molecule has 0 fully saturated rings. The molecule has 2 nitrogen and oxygen atoms in total. The van der Waals surface area contributed by atoms with Gasteiger partial charge in [0, 0.05) is 33.1 Å². The Morgan fingerprint density at radius 1 is 0.431 bits per heavy atom. The molecule has 0 saturated heterocycles. The average Bonchev–Trinajstić information content (AvgIpc) is 3.66. The highest BCUT2D eigenvalue weighted by molar-refractivity contribution is 6.10. The van der Waals surface area contributed by atoms with Crippen molar-refractivity contribution in [1.29, 1.82) is 0 Å². The van der Waals surface area contributed by atoms with Crippen LogP contribution in [-0.4, -0.2) is 0 Å². The first-order chi connectivity index (χ1) is 25.1. The minimum absolute atomic E-state index is 0.127. The fourth-order valence-corrected chi connectivity index (χ4v) is 8.43. The molecule has 0 unspecified atom stereocenters. The van der Waals surface area contributed by atoms with Gasteiger partial charge in [0.2, 0.25) is 0 Å². The molecule has 10 rings (SSSR count). The molecule has 242 valence electrons. The molecule has 1 aromatic heterocycles. The lowest BCUT2D eigenvalue weighted by Crippen LogP contribution is -2.16. The van der Waals surface area contributed by atoms with E-state index < -0.39 is 0 Å². The number of hydrogen-bond donors (Lipinski definition) is 0. The summed E-state index contributed by atoms with van der Waals surface area (Å²) in [6, 6.07) is 63.8. The zero-order valence-electron chi connectivity index (χ0n) is 28.6. The molecule has 1 aliphatic rings. The second kappa shape index (κ2) is 11.3. The number of furan rings is 1. The molecule has 0 bridgehead atoms. The van der Waals surface area contributed by atoms with Crippen molar-refractivity contribution in [2.75, 3.05) is 4.90 Å². The number of nitrogens with zero attached hydrogens (tertiary/aromatic N) is 1. The van der Waals surface area contributed by atoms with Crippen LogP contribution in [0.1, 0.15) is 25.0 Å². The minimum Gasteiger partial charge on any atom is -0.456 e. The lowest BCUT2D eigenvalue weighted by atomic mass is 9.82. The smallest absolute Gasteiger partial charge is 0.135 e. The van der Waals surface area contributed by atoms with Gasteiger partial charge in [0.25, 0.3) is 0 Å². The van der Waals surface area contributed by atoms with E-state index >= 15 is 0 Å². The Morgan fingerprint density at radius 3 is 1.92 bits per heavy atom. The molecule has 1 aliphatic carbocycles. The SMILES string of the molecule is CC1(C)c2ccccc2-c2ccc(N(c3ccc4oc5ccccc5c4c3)c3ccccc3-c3cccc4cccc(-c5ccccc5)c34)cc21. The van der Waals surface area contributed by atoms with E-state index in [9.17, 15) is 0 Å². The molecule has 0 aliphatic heterocycles. The Balaban J connectivity index is 1.24. The van der Waals surface area contributed by atoms with Crippen LogP contribution < -0.4 is 4.90 Å². The van der Waals surface area contributed by atoms with E-state index in [1.165, 1.54) is 55.3 Å².